The molecular formula is C16H14ClN3O2. The molecule has 6 heteroatoms. The van der Waals surface area contributed by atoms with Gasteiger partial charge < -0.3 is 0 Å². The fraction of sp³-hybridized carbons (Fsp3) is 0.188. The number of nitrogens with one attached hydrogen (secondary N) is 1. The third-order valence-corrected chi connectivity index (χ3v) is 3.74. The molecule has 1 fully saturated rings. The molecule has 0 aromatic heterocycles. The SMILES string of the molecule is O=[N+]([O-])c1ccc(N/N=C(/c2ccc(Cl)cc2)C2CC2)cc1. The largest absolute Gasteiger partial charge is 0.278 e. The van der Waals surface area contributed by atoms with E-state index in [0.717, 1.165) is 29.8 Å². The topological polar surface area (TPSA) is 67.5 Å². The van der Waals surface area contributed by atoms with Crippen LogP contribution in [-0.2, 0) is 0 Å². The van der Waals surface area contributed by atoms with Crippen molar-refractivity contribution in [3.63, 3.8) is 0 Å². The van der Waals surface area contributed by atoms with Crippen LogP contribution >= 0.6 is 11.6 Å². The van der Waals surface area contributed by atoms with E-state index in [1.807, 2.05) is 24.3 Å². The minimum Gasteiger partial charge on any atom is -0.278 e. The fourth-order valence-electron chi connectivity index (χ4n) is 2.15. The van der Waals surface area contributed by atoms with Gasteiger partial charge in [-0.2, -0.15) is 5.10 Å². The van der Waals surface area contributed by atoms with Gasteiger partial charge in [-0.15, -0.1) is 0 Å². The molecule has 22 heavy (non-hydrogen) atoms. The molecule has 2 aromatic rings. The number of rotatable bonds is 5. The van der Waals surface area contributed by atoms with Gasteiger partial charge >= 0.3 is 0 Å². The van der Waals surface area contributed by atoms with Gasteiger partial charge in [-0.3, -0.25) is 15.5 Å². The number of non-ortho nitro benzene ring substituents is 1. The van der Waals surface area contributed by atoms with Crippen LogP contribution in [0.5, 0.6) is 0 Å². The van der Waals surface area contributed by atoms with Gasteiger partial charge in [0.05, 0.1) is 16.3 Å². The average Bonchev–Trinajstić information content (AvgIpc) is 3.34. The van der Waals surface area contributed by atoms with Crippen molar-refractivity contribution in [3.05, 3.63) is 69.2 Å². The summed E-state index contributed by atoms with van der Waals surface area (Å²) in [6.45, 7) is 0. The number of benzene rings is 2. The lowest BCUT2D eigenvalue weighted by molar-refractivity contribution is -0.384. The molecule has 0 radical (unpaired) electrons. The zero-order valence-corrected chi connectivity index (χ0v) is 12.5. The number of hydrogen-bond donors (Lipinski definition) is 1. The molecule has 2 aromatic carbocycles. The summed E-state index contributed by atoms with van der Waals surface area (Å²) in [5, 5.41) is 15.8. The van der Waals surface area contributed by atoms with Crippen LogP contribution in [0.3, 0.4) is 0 Å². The van der Waals surface area contributed by atoms with E-state index < -0.39 is 4.92 Å². The zero-order chi connectivity index (χ0) is 15.5. The average molecular weight is 316 g/mol. The predicted octanol–water partition coefficient (Wildman–Crippen LogP) is 4.47. The van der Waals surface area contributed by atoms with Gasteiger partial charge in [0.2, 0.25) is 0 Å². The molecule has 0 saturated heterocycles. The molecule has 0 bridgehead atoms. The normalized spacial score (nSPS) is 14.7. The second-order valence-corrected chi connectivity index (χ2v) is 5.63. The third-order valence-electron chi connectivity index (χ3n) is 3.49. The molecule has 0 amide bonds. The Bertz CT molecular complexity index is 707. The van der Waals surface area contributed by atoms with Crippen molar-refractivity contribution >= 4 is 28.7 Å². The Morgan fingerprint density at radius 3 is 2.32 bits per heavy atom. The number of nitro groups is 1. The minimum absolute atomic E-state index is 0.0645. The summed E-state index contributed by atoms with van der Waals surface area (Å²) in [5.41, 5.74) is 5.80. The van der Waals surface area contributed by atoms with Crippen LogP contribution in [0.15, 0.2) is 53.6 Å². The van der Waals surface area contributed by atoms with E-state index in [1.54, 1.807) is 12.1 Å². The number of halogens is 1. The van der Waals surface area contributed by atoms with E-state index in [1.165, 1.54) is 12.1 Å². The van der Waals surface area contributed by atoms with Gasteiger partial charge in [0.25, 0.3) is 5.69 Å². The molecule has 1 aliphatic rings. The molecule has 0 heterocycles. The highest BCUT2D eigenvalue weighted by atomic mass is 35.5. The van der Waals surface area contributed by atoms with Crippen LogP contribution in [0.25, 0.3) is 0 Å². The van der Waals surface area contributed by atoms with Crippen molar-refractivity contribution in [1.29, 1.82) is 0 Å². The summed E-state index contributed by atoms with van der Waals surface area (Å²) >= 11 is 5.91. The van der Waals surface area contributed by atoms with E-state index in [0.29, 0.717) is 10.9 Å². The van der Waals surface area contributed by atoms with Gasteiger partial charge in [0, 0.05) is 23.1 Å². The lowest BCUT2D eigenvalue weighted by atomic mass is 10.1. The van der Waals surface area contributed by atoms with E-state index in [-0.39, 0.29) is 5.69 Å². The Labute approximate surface area is 132 Å². The monoisotopic (exact) mass is 315 g/mol. The summed E-state index contributed by atoms with van der Waals surface area (Å²) in [6.07, 6.45) is 2.26. The smallest absolute Gasteiger partial charge is 0.269 e. The standard InChI is InChI=1S/C16H14ClN3O2/c17-13-5-3-12(4-6-13)16(11-1-2-11)19-18-14-7-9-15(10-8-14)20(21)22/h3-11,18H,1-2H2/b19-16+. The Kier molecular flexibility index (Phi) is 4.06. The summed E-state index contributed by atoms with van der Waals surface area (Å²) in [7, 11) is 0. The molecule has 1 saturated carbocycles. The van der Waals surface area contributed by atoms with Crippen molar-refractivity contribution in [2.24, 2.45) is 11.0 Å². The van der Waals surface area contributed by atoms with Crippen molar-refractivity contribution in [2.75, 3.05) is 5.43 Å². The molecule has 112 valence electrons. The van der Waals surface area contributed by atoms with Gasteiger partial charge in [0.1, 0.15) is 0 Å². The second-order valence-electron chi connectivity index (χ2n) is 5.19. The first-order valence-electron chi connectivity index (χ1n) is 6.97. The summed E-state index contributed by atoms with van der Waals surface area (Å²) in [4.78, 5) is 10.2. The third kappa shape index (κ3) is 3.43. The maximum absolute atomic E-state index is 10.6. The van der Waals surface area contributed by atoms with Gasteiger partial charge in [-0.05, 0) is 42.7 Å². The molecule has 1 N–H and O–H groups in total. The second kappa shape index (κ2) is 6.15. The van der Waals surface area contributed by atoms with E-state index >= 15 is 0 Å². The Morgan fingerprint density at radius 2 is 1.77 bits per heavy atom. The molecule has 5 nitrogen and oxygen atoms in total. The molecule has 0 aliphatic heterocycles. The van der Waals surface area contributed by atoms with Crippen LogP contribution in [-0.4, -0.2) is 10.6 Å². The first-order valence-corrected chi connectivity index (χ1v) is 7.35. The summed E-state index contributed by atoms with van der Waals surface area (Å²) in [6, 6.07) is 13.8. The number of nitrogens with zero attached hydrogens (tertiary/aromatic N) is 2. The van der Waals surface area contributed by atoms with Crippen LogP contribution in [0, 0.1) is 16.0 Å². The van der Waals surface area contributed by atoms with Gasteiger partial charge in [-0.1, -0.05) is 23.7 Å². The van der Waals surface area contributed by atoms with Crippen LogP contribution in [0.4, 0.5) is 11.4 Å². The Balaban J connectivity index is 1.78. The lowest BCUT2D eigenvalue weighted by Crippen LogP contribution is -2.06. The number of hydrogen-bond acceptors (Lipinski definition) is 4. The Morgan fingerprint density at radius 1 is 1.14 bits per heavy atom. The van der Waals surface area contributed by atoms with Crippen molar-refractivity contribution in [2.45, 2.75) is 12.8 Å². The quantitative estimate of drug-likeness (QED) is 0.502. The van der Waals surface area contributed by atoms with Gasteiger partial charge in [-0.25, -0.2) is 0 Å². The van der Waals surface area contributed by atoms with E-state index in [2.05, 4.69) is 10.5 Å². The van der Waals surface area contributed by atoms with E-state index in [4.69, 9.17) is 11.6 Å². The number of hydrazone groups is 1. The highest BCUT2D eigenvalue weighted by Crippen LogP contribution is 2.33. The Hall–Kier alpha value is -2.40. The zero-order valence-electron chi connectivity index (χ0n) is 11.7. The van der Waals surface area contributed by atoms with Crippen molar-refractivity contribution in [3.8, 4) is 0 Å². The molecular weight excluding hydrogens is 302 g/mol. The van der Waals surface area contributed by atoms with Crippen LogP contribution in [0.1, 0.15) is 18.4 Å². The van der Waals surface area contributed by atoms with Gasteiger partial charge in [0.15, 0.2) is 0 Å². The predicted molar refractivity (Wildman–Crippen MR) is 87.4 cm³/mol. The van der Waals surface area contributed by atoms with Crippen molar-refractivity contribution < 1.29 is 4.92 Å². The number of nitro benzene ring substituents is 1. The first-order chi connectivity index (χ1) is 10.6. The lowest BCUT2D eigenvalue weighted by Gasteiger charge is -2.07. The molecule has 3 rings (SSSR count). The highest BCUT2D eigenvalue weighted by molar-refractivity contribution is 6.30. The van der Waals surface area contributed by atoms with Crippen LogP contribution in [0.2, 0.25) is 5.02 Å². The maximum atomic E-state index is 10.6. The molecule has 1 aliphatic carbocycles. The van der Waals surface area contributed by atoms with Crippen molar-refractivity contribution in [1.82, 2.24) is 0 Å². The molecule has 0 spiro atoms. The fourth-order valence-corrected chi connectivity index (χ4v) is 2.28. The first kappa shape index (κ1) is 14.5. The summed E-state index contributed by atoms with van der Waals surface area (Å²) in [5.74, 6) is 0.465. The van der Waals surface area contributed by atoms with E-state index in [9.17, 15) is 10.1 Å². The number of anilines is 1. The molecule has 0 unspecified atom stereocenters. The summed E-state index contributed by atoms with van der Waals surface area (Å²) < 4.78 is 0. The minimum atomic E-state index is -0.420. The molecule has 0 atom stereocenters. The van der Waals surface area contributed by atoms with Crippen LogP contribution < -0.4 is 5.43 Å². The maximum Gasteiger partial charge on any atom is 0.269 e. The highest BCUT2D eigenvalue weighted by Gasteiger charge is 2.28.